The van der Waals surface area contributed by atoms with Crippen molar-refractivity contribution in [3.8, 4) is 11.5 Å². The fraction of sp³-hybridized carbons (Fsp3) is 0.500. The van der Waals surface area contributed by atoms with Gasteiger partial charge in [-0.05, 0) is 52.1 Å². The van der Waals surface area contributed by atoms with Crippen molar-refractivity contribution in [2.45, 2.75) is 13.3 Å². The lowest BCUT2D eigenvalue weighted by Gasteiger charge is -2.09. The predicted molar refractivity (Wildman–Crippen MR) is 73.8 cm³/mol. The molecule has 0 saturated carbocycles. The smallest absolute Gasteiger partial charge is 0.133 e. The van der Waals surface area contributed by atoms with Crippen LogP contribution in [0.5, 0.6) is 11.5 Å². The zero-order valence-corrected chi connectivity index (χ0v) is 12.1. The molecule has 0 aromatic heterocycles. The van der Waals surface area contributed by atoms with E-state index in [1.165, 1.54) is 5.75 Å². The molecule has 0 bridgehead atoms. The van der Waals surface area contributed by atoms with E-state index in [2.05, 4.69) is 22.9 Å². The first-order chi connectivity index (χ1) is 7.77. The molecule has 90 valence electrons. The van der Waals surface area contributed by atoms with E-state index in [-0.39, 0.29) is 0 Å². The van der Waals surface area contributed by atoms with Crippen LogP contribution < -0.4 is 9.47 Å². The molecular weight excluding hydrogens is 288 g/mol. The summed E-state index contributed by atoms with van der Waals surface area (Å²) in [6.45, 7) is 2.93. The lowest BCUT2D eigenvalue weighted by Crippen LogP contribution is -1.99. The molecule has 1 aromatic rings. The summed E-state index contributed by atoms with van der Waals surface area (Å²) in [7, 11) is 1.66. The van der Waals surface area contributed by atoms with Crippen molar-refractivity contribution in [1.29, 1.82) is 0 Å². The number of methoxy groups -OCH3 is 1. The van der Waals surface area contributed by atoms with Gasteiger partial charge in [0.1, 0.15) is 11.5 Å². The second kappa shape index (κ2) is 7.85. The van der Waals surface area contributed by atoms with Gasteiger partial charge >= 0.3 is 0 Å². The molecule has 1 rings (SSSR count). The highest BCUT2D eigenvalue weighted by atomic mass is 79.9. The first kappa shape index (κ1) is 13.7. The van der Waals surface area contributed by atoms with Crippen molar-refractivity contribution >= 4 is 27.7 Å². The van der Waals surface area contributed by atoms with Crippen LogP contribution in [0.4, 0.5) is 0 Å². The Balaban J connectivity index is 2.36. The number of hydrogen-bond acceptors (Lipinski definition) is 3. The van der Waals surface area contributed by atoms with Crippen molar-refractivity contribution in [1.82, 2.24) is 0 Å². The van der Waals surface area contributed by atoms with E-state index in [1.54, 1.807) is 7.11 Å². The number of benzene rings is 1. The molecule has 0 radical (unpaired) electrons. The molecule has 1 aromatic carbocycles. The van der Waals surface area contributed by atoms with Crippen LogP contribution in [0.3, 0.4) is 0 Å². The van der Waals surface area contributed by atoms with Crippen molar-refractivity contribution in [3.05, 3.63) is 22.7 Å². The van der Waals surface area contributed by atoms with E-state index in [1.807, 2.05) is 30.0 Å². The molecule has 16 heavy (non-hydrogen) atoms. The van der Waals surface area contributed by atoms with E-state index in [4.69, 9.17) is 9.47 Å². The lowest BCUT2D eigenvalue weighted by molar-refractivity contribution is 0.316. The van der Waals surface area contributed by atoms with Crippen LogP contribution in [0.15, 0.2) is 22.7 Å². The predicted octanol–water partition coefficient (Wildman–Crippen LogP) is 3.98. The van der Waals surface area contributed by atoms with Gasteiger partial charge in [0.2, 0.25) is 0 Å². The van der Waals surface area contributed by atoms with Crippen molar-refractivity contribution in [2.24, 2.45) is 0 Å². The van der Waals surface area contributed by atoms with Crippen molar-refractivity contribution in [3.63, 3.8) is 0 Å². The number of rotatable bonds is 7. The maximum absolute atomic E-state index is 5.67. The van der Waals surface area contributed by atoms with Gasteiger partial charge in [-0.1, -0.05) is 6.92 Å². The number of hydrogen-bond donors (Lipinski definition) is 0. The van der Waals surface area contributed by atoms with Crippen LogP contribution >= 0.6 is 27.7 Å². The van der Waals surface area contributed by atoms with Crippen LogP contribution in [0.2, 0.25) is 0 Å². The van der Waals surface area contributed by atoms with Crippen molar-refractivity contribution < 1.29 is 9.47 Å². The average molecular weight is 305 g/mol. The SMILES string of the molecule is CCSCCCOc1ccc(OC)cc1Br. The lowest BCUT2D eigenvalue weighted by atomic mass is 10.3. The van der Waals surface area contributed by atoms with Gasteiger partial charge in [-0.15, -0.1) is 0 Å². The molecule has 0 aliphatic carbocycles. The summed E-state index contributed by atoms with van der Waals surface area (Å²) in [5.74, 6) is 4.04. The molecule has 0 N–H and O–H groups in total. The average Bonchev–Trinajstić information content (AvgIpc) is 2.30. The Labute approximate surface area is 110 Å². The van der Waals surface area contributed by atoms with Crippen LogP contribution in [-0.2, 0) is 0 Å². The molecule has 0 atom stereocenters. The van der Waals surface area contributed by atoms with Gasteiger partial charge in [0, 0.05) is 0 Å². The van der Waals surface area contributed by atoms with Gasteiger partial charge in [-0.3, -0.25) is 0 Å². The summed E-state index contributed by atoms with van der Waals surface area (Å²) in [5.41, 5.74) is 0. The van der Waals surface area contributed by atoms with Gasteiger partial charge in [0.25, 0.3) is 0 Å². The summed E-state index contributed by atoms with van der Waals surface area (Å²) in [4.78, 5) is 0. The Morgan fingerprint density at radius 2 is 2.19 bits per heavy atom. The first-order valence-electron chi connectivity index (χ1n) is 5.32. The molecular formula is C12H17BrO2S. The van der Waals surface area contributed by atoms with Gasteiger partial charge < -0.3 is 9.47 Å². The van der Waals surface area contributed by atoms with Crippen LogP contribution in [0.1, 0.15) is 13.3 Å². The molecule has 4 heteroatoms. The second-order valence-corrected chi connectivity index (χ2v) is 5.44. The molecule has 0 unspecified atom stereocenters. The standard InChI is InChI=1S/C12H17BrO2S/c1-3-16-8-4-7-15-12-6-5-10(14-2)9-11(12)13/h5-6,9H,3-4,7-8H2,1-2H3. The van der Waals surface area contributed by atoms with Crippen LogP contribution in [0.25, 0.3) is 0 Å². The van der Waals surface area contributed by atoms with Gasteiger partial charge in [-0.2, -0.15) is 11.8 Å². The van der Waals surface area contributed by atoms with Crippen LogP contribution in [0, 0.1) is 0 Å². The molecule has 0 fully saturated rings. The first-order valence-corrected chi connectivity index (χ1v) is 7.26. The van der Waals surface area contributed by atoms with Gasteiger partial charge in [0.05, 0.1) is 18.2 Å². The Kier molecular flexibility index (Phi) is 6.73. The normalized spacial score (nSPS) is 10.2. The van der Waals surface area contributed by atoms with E-state index in [0.717, 1.165) is 34.8 Å². The molecule has 0 spiro atoms. The number of halogens is 1. The largest absolute Gasteiger partial charge is 0.497 e. The molecule has 0 aliphatic rings. The molecule has 0 aliphatic heterocycles. The van der Waals surface area contributed by atoms with Crippen molar-refractivity contribution in [2.75, 3.05) is 25.2 Å². The van der Waals surface area contributed by atoms with Crippen LogP contribution in [-0.4, -0.2) is 25.2 Å². The maximum Gasteiger partial charge on any atom is 0.133 e. The third-order valence-electron chi connectivity index (χ3n) is 2.03. The van der Waals surface area contributed by atoms with Gasteiger partial charge in [0.15, 0.2) is 0 Å². The molecule has 0 heterocycles. The van der Waals surface area contributed by atoms with E-state index in [0.29, 0.717) is 0 Å². The summed E-state index contributed by atoms with van der Waals surface area (Å²) >= 11 is 5.40. The number of ether oxygens (including phenoxy) is 2. The Hall–Kier alpha value is -0.350. The summed E-state index contributed by atoms with van der Waals surface area (Å²) < 4.78 is 11.7. The third-order valence-corrected chi connectivity index (χ3v) is 3.64. The highest BCUT2D eigenvalue weighted by Crippen LogP contribution is 2.29. The number of thioether (sulfide) groups is 1. The Bertz CT molecular complexity index is 318. The minimum atomic E-state index is 0.762. The minimum Gasteiger partial charge on any atom is -0.497 e. The maximum atomic E-state index is 5.67. The summed E-state index contributed by atoms with van der Waals surface area (Å²) in [6.07, 6.45) is 1.08. The van der Waals surface area contributed by atoms with Gasteiger partial charge in [-0.25, -0.2) is 0 Å². The molecule has 2 nitrogen and oxygen atoms in total. The van der Waals surface area contributed by atoms with E-state index < -0.39 is 0 Å². The minimum absolute atomic E-state index is 0.762. The molecule has 0 amide bonds. The summed E-state index contributed by atoms with van der Waals surface area (Å²) in [5, 5.41) is 0. The Morgan fingerprint density at radius 1 is 1.38 bits per heavy atom. The zero-order chi connectivity index (χ0) is 11.8. The van der Waals surface area contributed by atoms with E-state index >= 15 is 0 Å². The third kappa shape index (κ3) is 4.66. The summed E-state index contributed by atoms with van der Waals surface area (Å²) in [6, 6.07) is 5.74. The fourth-order valence-electron chi connectivity index (χ4n) is 1.21. The monoisotopic (exact) mass is 304 g/mol. The van der Waals surface area contributed by atoms with E-state index in [9.17, 15) is 0 Å². The molecule has 0 saturated heterocycles. The zero-order valence-electron chi connectivity index (χ0n) is 9.66. The second-order valence-electron chi connectivity index (χ2n) is 3.20. The highest BCUT2D eigenvalue weighted by Gasteiger charge is 2.02. The quantitative estimate of drug-likeness (QED) is 0.710. The highest BCUT2D eigenvalue weighted by molar-refractivity contribution is 9.10. The topological polar surface area (TPSA) is 18.5 Å². The Morgan fingerprint density at radius 3 is 2.81 bits per heavy atom. The fourth-order valence-corrected chi connectivity index (χ4v) is 2.30.